The summed E-state index contributed by atoms with van der Waals surface area (Å²) in [4.78, 5) is 21.0. The molecule has 2 rings (SSSR count). The zero-order chi connectivity index (χ0) is 13.8. The Hall–Kier alpha value is -2.15. The fraction of sp³-hybridized carbons (Fsp3) is 0.417. The van der Waals surface area contributed by atoms with Gasteiger partial charge in [-0.15, -0.1) is 0 Å². The van der Waals surface area contributed by atoms with Crippen LogP contribution in [0, 0.1) is 16.0 Å². The van der Waals surface area contributed by atoms with E-state index in [1.807, 2.05) is 0 Å². The summed E-state index contributed by atoms with van der Waals surface area (Å²) in [7, 11) is 0. The van der Waals surface area contributed by atoms with Crippen LogP contribution in [0.4, 0.5) is 11.4 Å². The van der Waals surface area contributed by atoms with E-state index >= 15 is 0 Å². The first-order valence-electron chi connectivity index (χ1n) is 5.91. The van der Waals surface area contributed by atoms with E-state index in [4.69, 9.17) is 9.84 Å². The number of nitro groups is 1. The molecule has 0 saturated carbocycles. The van der Waals surface area contributed by atoms with Crippen LogP contribution in [-0.2, 0) is 4.74 Å². The van der Waals surface area contributed by atoms with Crippen molar-refractivity contribution in [3.8, 4) is 0 Å². The number of hydrogen-bond acceptors (Lipinski definition) is 5. The summed E-state index contributed by atoms with van der Waals surface area (Å²) in [5.74, 6) is -0.916. The van der Waals surface area contributed by atoms with Crippen molar-refractivity contribution in [3.63, 3.8) is 0 Å². The number of nitro benzene ring substituents is 1. The molecular formula is C12H14N2O5. The van der Waals surface area contributed by atoms with Gasteiger partial charge in [-0.2, -0.15) is 0 Å². The quantitative estimate of drug-likeness (QED) is 0.621. The molecule has 0 aromatic heterocycles. The number of benzene rings is 1. The molecule has 1 fully saturated rings. The molecule has 1 unspecified atom stereocenters. The van der Waals surface area contributed by atoms with Crippen LogP contribution in [-0.4, -0.2) is 35.8 Å². The van der Waals surface area contributed by atoms with Gasteiger partial charge in [0.2, 0.25) is 0 Å². The van der Waals surface area contributed by atoms with Gasteiger partial charge >= 0.3 is 5.97 Å². The minimum absolute atomic E-state index is 0.306. The molecule has 0 radical (unpaired) electrons. The highest BCUT2D eigenvalue weighted by molar-refractivity contribution is 5.93. The summed E-state index contributed by atoms with van der Waals surface area (Å²) in [6.07, 6.45) is 0.961. The largest absolute Gasteiger partial charge is 0.477 e. The predicted octanol–water partition coefficient (Wildman–Crippen LogP) is 1.74. The lowest BCUT2D eigenvalue weighted by Crippen LogP contribution is -2.14. The minimum atomic E-state index is -1.30. The summed E-state index contributed by atoms with van der Waals surface area (Å²) in [5.41, 5.74) is -0.163. The Kier molecular flexibility index (Phi) is 3.96. The highest BCUT2D eigenvalue weighted by Crippen LogP contribution is 2.24. The number of ether oxygens (including phenoxy) is 1. The average molecular weight is 266 g/mol. The van der Waals surface area contributed by atoms with Gasteiger partial charge in [-0.1, -0.05) is 0 Å². The maximum atomic E-state index is 10.9. The first-order chi connectivity index (χ1) is 9.08. The van der Waals surface area contributed by atoms with Crippen molar-refractivity contribution in [1.29, 1.82) is 0 Å². The normalized spacial score (nSPS) is 18.2. The van der Waals surface area contributed by atoms with Crippen LogP contribution in [0.15, 0.2) is 18.2 Å². The Morgan fingerprint density at radius 3 is 2.95 bits per heavy atom. The van der Waals surface area contributed by atoms with E-state index in [9.17, 15) is 14.9 Å². The van der Waals surface area contributed by atoms with Gasteiger partial charge < -0.3 is 15.2 Å². The van der Waals surface area contributed by atoms with Crippen molar-refractivity contribution < 1.29 is 19.6 Å². The molecular weight excluding hydrogens is 252 g/mol. The molecule has 19 heavy (non-hydrogen) atoms. The second-order valence-electron chi connectivity index (χ2n) is 4.40. The number of nitrogens with zero attached hydrogens (tertiary/aromatic N) is 1. The van der Waals surface area contributed by atoms with Crippen LogP contribution in [0.2, 0.25) is 0 Å². The number of aromatic carboxylic acids is 1. The van der Waals surface area contributed by atoms with E-state index in [1.165, 1.54) is 18.2 Å². The molecule has 7 heteroatoms. The summed E-state index contributed by atoms with van der Waals surface area (Å²) in [6.45, 7) is 2.08. The molecule has 7 nitrogen and oxygen atoms in total. The zero-order valence-corrected chi connectivity index (χ0v) is 10.2. The number of carboxylic acids is 1. The van der Waals surface area contributed by atoms with Gasteiger partial charge in [-0.05, 0) is 18.6 Å². The van der Waals surface area contributed by atoms with Gasteiger partial charge in [-0.3, -0.25) is 10.1 Å². The van der Waals surface area contributed by atoms with E-state index in [1.54, 1.807) is 0 Å². The van der Waals surface area contributed by atoms with Crippen LogP contribution in [0.25, 0.3) is 0 Å². The molecule has 1 aromatic carbocycles. The van der Waals surface area contributed by atoms with Crippen molar-refractivity contribution >= 4 is 17.3 Å². The second-order valence-corrected chi connectivity index (χ2v) is 4.40. The van der Waals surface area contributed by atoms with E-state index in [-0.39, 0.29) is 5.56 Å². The molecule has 1 aliphatic rings. The van der Waals surface area contributed by atoms with Gasteiger partial charge in [0.05, 0.1) is 11.5 Å². The standard InChI is InChI=1S/C12H14N2O5/c15-12(16)10-2-1-9(5-11(10)14(17)18)13-6-8-3-4-19-7-8/h1-2,5,8,13H,3-4,6-7H2,(H,15,16). The second kappa shape index (κ2) is 5.66. The van der Waals surface area contributed by atoms with Crippen LogP contribution in [0.1, 0.15) is 16.8 Å². The molecule has 1 saturated heterocycles. The van der Waals surface area contributed by atoms with Crippen molar-refractivity contribution in [2.24, 2.45) is 5.92 Å². The fourth-order valence-electron chi connectivity index (χ4n) is 1.98. The Balaban J connectivity index is 2.11. The van der Waals surface area contributed by atoms with Crippen molar-refractivity contribution in [3.05, 3.63) is 33.9 Å². The fourth-order valence-corrected chi connectivity index (χ4v) is 1.98. The monoisotopic (exact) mass is 266 g/mol. The third-order valence-electron chi connectivity index (χ3n) is 3.04. The van der Waals surface area contributed by atoms with E-state index in [0.29, 0.717) is 24.8 Å². The Bertz CT molecular complexity index is 497. The molecule has 1 atom stereocenters. The molecule has 1 aliphatic heterocycles. The van der Waals surface area contributed by atoms with Gasteiger partial charge in [0.1, 0.15) is 5.56 Å². The van der Waals surface area contributed by atoms with Gasteiger partial charge in [-0.25, -0.2) is 4.79 Å². The Labute approximate surface area is 109 Å². The molecule has 1 aromatic rings. The molecule has 0 spiro atoms. The number of carbonyl (C=O) groups is 1. The van der Waals surface area contributed by atoms with E-state index in [0.717, 1.165) is 13.0 Å². The molecule has 2 N–H and O–H groups in total. The topological polar surface area (TPSA) is 102 Å². The lowest BCUT2D eigenvalue weighted by molar-refractivity contribution is -0.385. The first-order valence-corrected chi connectivity index (χ1v) is 5.91. The lowest BCUT2D eigenvalue weighted by atomic mass is 10.1. The average Bonchev–Trinajstić information content (AvgIpc) is 2.88. The maximum absolute atomic E-state index is 10.9. The third-order valence-corrected chi connectivity index (χ3v) is 3.04. The van der Waals surface area contributed by atoms with Crippen LogP contribution >= 0.6 is 0 Å². The predicted molar refractivity (Wildman–Crippen MR) is 67.5 cm³/mol. The van der Waals surface area contributed by atoms with Crippen LogP contribution < -0.4 is 5.32 Å². The smallest absolute Gasteiger partial charge is 0.342 e. The SMILES string of the molecule is O=C(O)c1ccc(NCC2CCOC2)cc1[N+](=O)[O-]. The number of anilines is 1. The molecule has 102 valence electrons. The summed E-state index contributed by atoms with van der Waals surface area (Å²) in [6, 6.07) is 4.03. The van der Waals surface area contributed by atoms with E-state index in [2.05, 4.69) is 5.32 Å². The number of carboxylic acid groups (broad SMARTS) is 1. The van der Waals surface area contributed by atoms with Gasteiger partial charge in [0.25, 0.3) is 5.69 Å². The van der Waals surface area contributed by atoms with Crippen LogP contribution in [0.5, 0.6) is 0 Å². The number of rotatable bonds is 5. The Morgan fingerprint density at radius 1 is 1.58 bits per heavy atom. The summed E-state index contributed by atoms with van der Waals surface area (Å²) in [5, 5.41) is 22.8. The van der Waals surface area contributed by atoms with Crippen LogP contribution in [0.3, 0.4) is 0 Å². The van der Waals surface area contributed by atoms with Crippen molar-refractivity contribution in [1.82, 2.24) is 0 Å². The van der Waals surface area contributed by atoms with E-state index < -0.39 is 16.6 Å². The minimum Gasteiger partial charge on any atom is -0.477 e. The molecule has 0 amide bonds. The highest BCUT2D eigenvalue weighted by atomic mass is 16.6. The van der Waals surface area contributed by atoms with Crippen molar-refractivity contribution in [2.45, 2.75) is 6.42 Å². The van der Waals surface area contributed by atoms with Gasteiger partial charge in [0, 0.05) is 30.8 Å². The third kappa shape index (κ3) is 3.19. The highest BCUT2D eigenvalue weighted by Gasteiger charge is 2.21. The zero-order valence-electron chi connectivity index (χ0n) is 10.2. The molecule has 0 bridgehead atoms. The van der Waals surface area contributed by atoms with Crippen molar-refractivity contribution in [2.75, 3.05) is 25.1 Å². The Morgan fingerprint density at radius 2 is 2.37 bits per heavy atom. The number of hydrogen-bond donors (Lipinski definition) is 2. The maximum Gasteiger partial charge on any atom is 0.342 e. The molecule has 0 aliphatic carbocycles. The summed E-state index contributed by atoms with van der Waals surface area (Å²) < 4.78 is 5.23. The number of nitrogens with one attached hydrogen (secondary N) is 1. The molecule has 1 heterocycles. The first kappa shape index (κ1) is 13.3. The lowest BCUT2D eigenvalue weighted by Gasteiger charge is -2.10. The summed E-state index contributed by atoms with van der Waals surface area (Å²) >= 11 is 0. The van der Waals surface area contributed by atoms with Gasteiger partial charge in [0.15, 0.2) is 0 Å².